The maximum atomic E-state index is 13.2. The second-order valence-electron chi connectivity index (χ2n) is 2.44. The molecule has 0 fully saturated rings. The van der Waals surface area contributed by atoms with Crippen molar-refractivity contribution in [3.05, 3.63) is 29.0 Å². The molecule has 1 nitrogen and oxygen atoms in total. The SMILES string of the molecule is Fc1c(Cl)cccc1OCCCBr. The Morgan fingerprint density at radius 1 is 1.46 bits per heavy atom. The second kappa shape index (κ2) is 5.45. The van der Waals surface area contributed by atoms with Gasteiger partial charge in [0.05, 0.1) is 11.6 Å². The predicted molar refractivity (Wildman–Crippen MR) is 55.3 cm³/mol. The zero-order chi connectivity index (χ0) is 9.68. The highest BCUT2D eigenvalue weighted by Gasteiger charge is 2.06. The van der Waals surface area contributed by atoms with Gasteiger partial charge < -0.3 is 4.74 Å². The summed E-state index contributed by atoms with van der Waals surface area (Å²) in [5, 5.41) is 0.936. The average molecular weight is 268 g/mol. The summed E-state index contributed by atoms with van der Waals surface area (Å²) in [6.07, 6.45) is 0.839. The standard InChI is InChI=1S/C9H9BrClFO/c10-5-2-6-13-8-4-1-3-7(11)9(8)12/h1,3-4H,2,5-6H2. The lowest BCUT2D eigenvalue weighted by molar-refractivity contribution is 0.303. The zero-order valence-corrected chi connectivity index (χ0v) is 9.24. The Balaban J connectivity index is 2.61. The number of benzene rings is 1. The van der Waals surface area contributed by atoms with E-state index in [-0.39, 0.29) is 10.8 Å². The van der Waals surface area contributed by atoms with Crippen molar-refractivity contribution in [3.8, 4) is 5.75 Å². The fourth-order valence-corrected chi connectivity index (χ4v) is 1.23. The lowest BCUT2D eigenvalue weighted by atomic mass is 10.3. The Labute approximate surface area is 90.0 Å². The van der Waals surface area contributed by atoms with E-state index in [1.54, 1.807) is 12.1 Å². The van der Waals surface area contributed by atoms with E-state index in [0.717, 1.165) is 11.8 Å². The lowest BCUT2D eigenvalue weighted by Crippen LogP contribution is -1.99. The first-order valence-corrected chi connectivity index (χ1v) is 5.38. The molecular weight excluding hydrogens is 258 g/mol. The number of halogens is 3. The third kappa shape index (κ3) is 3.16. The number of rotatable bonds is 4. The van der Waals surface area contributed by atoms with Gasteiger partial charge in [-0.2, -0.15) is 0 Å². The van der Waals surface area contributed by atoms with Gasteiger partial charge in [-0.15, -0.1) is 0 Å². The molecule has 4 heteroatoms. The zero-order valence-electron chi connectivity index (χ0n) is 6.90. The molecule has 0 aliphatic rings. The number of ether oxygens (including phenoxy) is 1. The third-order valence-corrected chi connectivity index (χ3v) is 2.30. The number of hydrogen-bond donors (Lipinski definition) is 0. The summed E-state index contributed by atoms with van der Waals surface area (Å²) in [4.78, 5) is 0. The van der Waals surface area contributed by atoms with E-state index in [0.29, 0.717) is 6.61 Å². The van der Waals surface area contributed by atoms with Gasteiger partial charge in [-0.05, 0) is 18.6 Å². The number of alkyl halides is 1. The van der Waals surface area contributed by atoms with Crippen molar-refractivity contribution in [1.29, 1.82) is 0 Å². The van der Waals surface area contributed by atoms with Crippen molar-refractivity contribution in [2.24, 2.45) is 0 Å². The van der Waals surface area contributed by atoms with Crippen LogP contribution in [-0.4, -0.2) is 11.9 Å². The summed E-state index contributed by atoms with van der Waals surface area (Å²) in [6.45, 7) is 0.489. The van der Waals surface area contributed by atoms with Crippen molar-refractivity contribution in [2.75, 3.05) is 11.9 Å². The minimum absolute atomic E-state index is 0.0938. The van der Waals surface area contributed by atoms with Gasteiger partial charge in [-0.25, -0.2) is 4.39 Å². The van der Waals surface area contributed by atoms with Crippen LogP contribution in [0, 0.1) is 5.82 Å². The highest BCUT2D eigenvalue weighted by atomic mass is 79.9. The fourth-order valence-electron chi connectivity index (χ4n) is 0.832. The van der Waals surface area contributed by atoms with Gasteiger partial charge >= 0.3 is 0 Å². The van der Waals surface area contributed by atoms with Crippen molar-refractivity contribution < 1.29 is 9.13 Å². The monoisotopic (exact) mass is 266 g/mol. The van der Waals surface area contributed by atoms with Crippen molar-refractivity contribution in [1.82, 2.24) is 0 Å². The van der Waals surface area contributed by atoms with E-state index in [1.165, 1.54) is 6.07 Å². The largest absolute Gasteiger partial charge is 0.490 e. The van der Waals surface area contributed by atoms with E-state index in [1.807, 2.05) is 0 Å². The van der Waals surface area contributed by atoms with Gasteiger partial charge in [0.25, 0.3) is 0 Å². The van der Waals surface area contributed by atoms with Crippen LogP contribution in [0.1, 0.15) is 6.42 Å². The summed E-state index contributed by atoms with van der Waals surface area (Å²) in [5.74, 6) is -0.271. The van der Waals surface area contributed by atoms with Crippen molar-refractivity contribution in [2.45, 2.75) is 6.42 Å². The maximum absolute atomic E-state index is 13.2. The smallest absolute Gasteiger partial charge is 0.183 e. The van der Waals surface area contributed by atoms with Crippen LogP contribution < -0.4 is 4.74 Å². The summed E-state index contributed by atoms with van der Waals surface area (Å²) in [6, 6.07) is 4.72. The molecule has 0 bridgehead atoms. The van der Waals surface area contributed by atoms with E-state index in [4.69, 9.17) is 16.3 Å². The van der Waals surface area contributed by atoms with Gasteiger partial charge in [0.1, 0.15) is 0 Å². The van der Waals surface area contributed by atoms with E-state index < -0.39 is 5.82 Å². The molecule has 0 unspecified atom stereocenters. The first-order chi connectivity index (χ1) is 6.25. The third-order valence-electron chi connectivity index (χ3n) is 1.45. The summed E-state index contributed by atoms with van der Waals surface area (Å²) in [5.41, 5.74) is 0. The Bertz CT molecular complexity index is 280. The highest BCUT2D eigenvalue weighted by molar-refractivity contribution is 9.09. The van der Waals surface area contributed by atoms with Gasteiger partial charge in [-0.1, -0.05) is 33.6 Å². The Hall–Kier alpha value is -0.280. The van der Waals surface area contributed by atoms with Crippen LogP contribution >= 0.6 is 27.5 Å². The normalized spacial score (nSPS) is 10.1. The Kier molecular flexibility index (Phi) is 4.53. The van der Waals surface area contributed by atoms with Crippen LogP contribution in [0.4, 0.5) is 4.39 Å². The molecular formula is C9H9BrClFO. The molecule has 1 aromatic rings. The average Bonchev–Trinajstić information content (AvgIpc) is 2.13. The van der Waals surface area contributed by atoms with Crippen LogP contribution in [0.2, 0.25) is 5.02 Å². The highest BCUT2D eigenvalue weighted by Crippen LogP contribution is 2.23. The molecule has 0 radical (unpaired) electrons. The quantitative estimate of drug-likeness (QED) is 0.598. The molecule has 0 aliphatic heterocycles. The predicted octanol–water partition coefficient (Wildman–Crippen LogP) is 3.64. The molecule has 0 N–H and O–H groups in total. The molecule has 13 heavy (non-hydrogen) atoms. The fraction of sp³-hybridized carbons (Fsp3) is 0.333. The first kappa shape index (κ1) is 10.8. The maximum Gasteiger partial charge on any atom is 0.183 e. The van der Waals surface area contributed by atoms with Crippen LogP contribution in [0.3, 0.4) is 0 Å². The molecule has 0 aromatic heterocycles. The molecule has 0 saturated heterocycles. The van der Waals surface area contributed by atoms with E-state index in [2.05, 4.69) is 15.9 Å². The summed E-state index contributed by atoms with van der Waals surface area (Å²) >= 11 is 8.82. The van der Waals surface area contributed by atoms with Crippen molar-refractivity contribution >= 4 is 27.5 Å². The molecule has 0 aliphatic carbocycles. The topological polar surface area (TPSA) is 9.23 Å². The van der Waals surface area contributed by atoms with Gasteiger partial charge in [0.15, 0.2) is 11.6 Å². The van der Waals surface area contributed by atoms with Crippen molar-refractivity contribution in [3.63, 3.8) is 0 Å². The van der Waals surface area contributed by atoms with Crippen LogP contribution in [0.15, 0.2) is 18.2 Å². The molecule has 0 atom stereocenters. The molecule has 1 rings (SSSR count). The van der Waals surface area contributed by atoms with Gasteiger partial charge in [0.2, 0.25) is 0 Å². The second-order valence-corrected chi connectivity index (χ2v) is 3.64. The lowest BCUT2D eigenvalue weighted by Gasteiger charge is -2.06. The van der Waals surface area contributed by atoms with Crippen LogP contribution in [0.25, 0.3) is 0 Å². The Morgan fingerprint density at radius 2 is 2.23 bits per heavy atom. The van der Waals surface area contributed by atoms with E-state index in [9.17, 15) is 4.39 Å². The molecule has 0 amide bonds. The molecule has 0 spiro atoms. The first-order valence-electron chi connectivity index (χ1n) is 3.88. The molecule has 0 saturated carbocycles. The van der Waals surface area contributed by atoms with Gasteiger partial charge in [0, 0.05) is 5.33 Å². The summed E-state index contributed by atoms with van der Waals surface area (Å²) in [7, 11) is 0. The van der Waals surface area contributed by atoms with Crippen LogP contribution in [-0.2, 0) is 0 Å². The van der Waals surface area contributed by atoms with Gasteiger partial charge in [-0.3, -0.25) is 0 Å². The Morgan fingerprint density at radius 3 is 2.92 bits per heavy atom. The molecule has 1 aromatic carbocycles. The van der Waals surface area contributed by atoms with E-state index >= 15 is 0 Å². The molecule has 72 valence electrons. The van der Waals surface area contributed by atoms with Crippen LogP contribution in [0.5, 0.6) is 5.75 Å². The minimum Gasteiger partial charge on any atom is -0.490 e. The summed E-state index contributed by atoms with van der Waals surface area (Å²) < 4.78 is 18.3. The molecule has 0 heterocycles. The number of hydrogen-bond acceptors (Lipinski definition) is 1. The minimum atomic E-state index is -0.487.